The van der Waals surface area contributed by atoms with E-state index in [0.717, 1.165) is 38.5 Å². The highest BCUT2D eigenvalue weighted by Gasteiger charge is 2.39. The van der Waals surface area contributed by atoms with Crippen molar-refractivity contribution in [3.63, 3.8) is 0 Å². The Morgan fingerprint density at radius 2 is 1.62 bits per heavy atom. The van der Waals surface area contributed by atoms with E-state index in [0.29, 0.717) is 12.8 Å². The van der Waals surface area contributed by atoms with Gasteiger partial charge in [-0.15, -0.1) is 0 Å². The highest BCUT2D eigenvalue weighted by Crippen LogP contribution is 2.34. The van der Waals surface area contributed by atoms with Gasteiger partial charge in [-0.05, 0) is 32.6 Å². The number of amides is 2. The maximum atomic E-state index is 12.1. The lowest BCUT2D eigenvalue weighted by atomic mass is 9.80. The van der Waals surface area contributed by atoms with Gasteiger partial charge in [0.1, 0.15) is 0 Å². The molecule has 5 heteroatoms. The summed E-state index contributed by atoms with van der Waals surface area (Å²) < 4.78 is 0. The van der Waals surface area contributed by atoms with Crippen molar-refractivity contribution in [2.24, 2.45) is 5.41 Å². The van der Waals surface area contributed by atoms with E-state index in [4.69, 9.17) is 0 Å². The van der Waals surface area contributed by atoms with Crippen LogP contribution in [0.5, 0.6) is 0 Å². The first-order valence-electron chi connectivity index (χ1n) is 8.17. The second-order valence-corrected chi connectivity index (χ2v) is 6.58. The average molecular weight is 298 g/mol. The molecule has 1 aliphatic rings. The second-order valence-electron chi connectivity index (χ2n) is 6.58. The van der Waals surface area contributed by atoms with E-state index >= 15 is 0 Å². The zero-order valence-corrected chi connectivity index (χ0v) is 13.6. The molecule has 1 aliphatic carbocycles. The van der Waals surface area contributed by atoms with Crippen molar-refractivity contribution in [2.75, 3.05) is 6.54 Å². The van der Waals surface area contributed by atoms with Crippen molar-refractivity contribution in [1.29, 1.82) is 0 Å². The van der Waals surface area contributed by atoms with Crippen molar-refractivity contribution < 1.29 is 14.7 Å². The van der Waals surface area contributed by atoms with Gasteiger partial charge in [0.15, 0.2) is 0 Å². The van der Waals surface area contributed by atoms with Crippen LogP contribution in [0.15, 0.2) is 0 Å². The van der Waals surface area contributed by atoms with Crippen molar-refractivity contribution >= 4 is 12.0 Å². The summed E-state index contributed by atoms with van der Waals surface area (Å²) in [6.45, 7) is 6.30. The van der Waals surface area contributed by atoms with E-state index in [1.54, 1.807) is 0 Å². The fourth-order valence-electron chi connectivity index (χ4n) is 2.87. The number of nitrogens with one attached hydrogen (secondary N) is 2. The molecule has 3 N–H and O–H groups in total. The molecule has 1 saturated carbocycles. The van der Waals surface area contributed by atoms with E-state index in [2.05, 4.69) is 10.6 Å². The first-order chi connectivity index (χ1) is 9.87. The van der Waals surface area contributed by atoms with Crippen molar-refractivity contribution in [1.82, 2.24) is 10.6 Å². The van der Waals surface area contributed by atoms with Gasteiger partial charge in [0.25, 0.3) is 0 Å². The molecule has 0 spiro atoms. The normalized spacial score (nSPS) is 18.6. The molecular formula is C16H30N2O3. The van der Waals surface area contributed by atoms with Gasteiger partial charge >= 0.3 is 12.0 Å². The Labute approximate surface area is 127 Å². The molecule has 1 rings (SSSR count). The van der Waals surface area contributed by atoms with Crippen molar-refractivity contribution in [3.8, 4) is 0 Å². The number of hydrogen-bond donors (Lipinski definition) is 3. The monoisotopic (exact) mass is 298 g/mol. The van der Waals surface area contributed by atoms with Crippen LogP contribution in [0.1, 0.15) is 72.1 Å². The molecular weight excluding hydrogens is 268 g/mol. The standard InChI is InChI=1S/C16H30N2O3/c1-4-15(3,5-2)18-14(21)17-12-16(13(19)20)10-8-6-7-9-11-16/h4-12H2,1-3H3,(H,19,20)(H2,17,18,21). The Bertz CT molecular complexity index is 357. The topological polar surface area (TPSA) is 78.4 Å². The van der Waals surface area contributed by atoms with E-state index < -0.39 is 11.4 Å². The Kier molecular flexibility index (Phi) is 6.49. The van der Waals surface area contributed by atoms with E-state index in [1.165, 1.54) is 0 Å². The van der Waals surface area contributed by atoms with Gasteiger partial charge in [-0.2, -0.15) is 0 Å². The lowest BCUT2D eigenvalue weighted by Gasteiger charge is -2.31. The minimum atomic E-state index is -0.789. The predicted octanol–water partition coefficient (Wildman–Crippen LogP) is 3.29. The van der Waals surface area contributed by atoms with Gasteiger partial charge in [0, 0.05) is 12.1 Å². The lowest BCUT2D eigenvalue weighted by molar-refractivity contribution is -0.149. The van der Waals surface area contributed by atoms with Crippen molar-refractivity contribution in [3.05, 3.63) is 0 Å². The summed E-state index contributed by atoms with van der Waals surface area (Å²) in [7, 11) is 0. The van der Waals surface area contributed by atoms with Gasteiger partial charge in [0.05, 0.1) is 5.41 Å². The fourth-order valence-corrected chi connectivity index (χ4v) is 2.87. The summed E-state index contributed by atoms with van der Waals surface area (Å²) in [5.41, 5.74) is -1.02. The molecule has 0 aromatic rings. The van der Waals surface area contributed by atoms with E-state index in [-0.39, 0.29) is 18.1 Å². The summed E-state index contributed by atoms with van der Waals surface area (Å²) in [4.78, 5) is 23.7. The quantitative estimate of drug-likeness (QED) is 0.658. The number of urea groups is 1. The van der Waals surface area contributed by atoms with Crippen LogP contribution in [0.4, 0.5) is 4.79 Å². The molecule has 0 heterocycles. The Morgan fingerprint density at radius 3 is 2.05 bits per heavy atom. The molecule has 5 nitrogen and oxygen atoms in total. The molecule has 0 aliphatic heterocycles. The van der Waals surface area contributed by atoms with Crippen molar-refractivity contribution in [2.45, 2.75) is 77.7 Å². The highest BCUT2D eigenvalue weighted by molar-refractivity contribution is 5.78. The van der Waals surface area contributed by atoms with E-state index in [9.17, 15) is 14.7 Å². The third-order valence-electron chi connectivity index (χ3n) is 5.08. The Hall–Kier alpha value is -1.26. The molecule has 21 heavy (non-hydrogen) atoms. The van der Waals surface area contributed by atoms with Crippen LogP contribution in [-0.4, -0.2) is 29.2 Å². The first kappa shape index (κ1) is 17.8. The molecule has 122 valence electrons. The summed E-state index contributed by atoms with van der Waals surface area (Å²) in [5, 5.41) is 15.3. The third-order valence-corrected chi connectivity index (χ3v) is 5.08. The number of carbonyl (C=O) groups excluding carboxylic acids is 1. The highest BCUT2D eigenvalue weighted by atomic mass is 16.4. The Balaban J connectivity index is 2.61. The van der Waals surface area contributed by atoms with Crippen LogP contribution in [0.25, 0.3) is 0 Å². The van der Waals surface area contributed by atoms with E-state index in [1.807, 2.05) is 20.8 Å². The van der Waals surface area contributed by atoms with Gasteiger partial charge in [-0.1, -0.05) is 39.5 Å². The van der Waals surface area contributed by atoms with Crippen LogP contribution in [0.3, 0.4) is 0 Å². The van der Waals surface area contributed by atoms with Crippen LogP contribution in [0, 0.1) is 5.41 Å². The van der Waals surface area contributed by atoms with Gasteiger partial charge in [-0.3, -0.25) is 4.79 Å². The molecule has 0 radical (unpaired) electrons. The zero-order valence-electron chi connectivity index (χ0n) is 13.6. The minimum absolute atomic E-state index is 0.220. The molecule has 0 aromatic carbocycles. The number of aliphatic carboxylic acids is 1. The summed E-state index contributed by atoms with van der Waals surface area (Å²) in [6.07, 6.45) is 7.04. The SMILES string of the molecule is CCC(C)(CC)NC(=O)NCC1(C(=O)O)CCCCCC1. The second kappa shape index (κ2) is 7.66. The molecule has 1 fully saturated rings. The van der Waals surface area contributed by atoms with Crippen LogP contribution >= 0.6 is 0 Å². The molecule has 2 amide bonds. The number of rotatable bonds is 6. The van der Waals surface area contributed by atoms with Gasteiger partial charge in [-0.25, -0.2) is 4.79 Å². The predicted molar refractivity (Wildman–Crippen MR) is 83.3 cm³/mol. The number of carbonyl (C=O) groups is 2. The number of carboxylic acids is 1. The maximum absolute atomic E-state index is 12.1. The molecule has 0 unspecified atom stereocenters. The molecule has 0 aromatic heterocycles. The molecule has 0 atom stereocenters. The van der Waals surface area contributed by atoms with Crippen LogP contribution < -0.4 is 10.6 Å². The first-order valence-corrected chi connectivity index (χ1v) is 8.17. The third kappa shape index (κ3) is 4.90. The Morgan fingerprint density at radius 1 is 1.10 bits per heavy atom. The van der Waals surface area contributed by atoms with Gasteiger partial charge < -0.3 is 15.7 Å². The summed E-state index contributed by atoms with van der Waals surface area (Å²) in [5.74, 6) is -0.779. The minimum Gasteiger partial charge on any atom is -0.481 e. The average Bonchev–Trinajstić information content (AvgIpc) is 2.71. The summed E-state index contributed by atoms with van der Waals surface area (Å²) in [6, 6.07) is -0.258. The van der Waals surface area contributed by atoms with Gasteiger partial charge in [0.2, 0.25) is 0 Å². The number of hydrogen-bond acceptors (Lipinski definition) is 2. The zero-order chi connectivity index (χ0) is 15.9. The lowest BCUT2D eigenvalue weighted by Crippen LogP contribution is -2.52. The molecule has 0 bridgehead atoms. The van der Waals surface area contributed by atoms with Crippen LogP contribution in [-0.2, 0) is 4.79 Å². The summed E-state index contributed by atoms with van der Waals surface area (Å²) >= 11 is 0. The maximum Gasteiger partial charge on any atom is 0.315 e. The molecule has 0 saturated heterocycles. The number of carboxylic acid groups (broad SMARTS) is 1. The van der Waals surface area contributed by atoms with Crippen LogP contribution in [0.2, 0.25) is 0 Å². The largest absolute Gasteiger partial charge is 0.481 e. The fraction of sp³-hybridized carbons (Fsp3) is 0.875. The smallest absolute Gasteiger partial charge is 0.315 e.